The Morgan fingerprint density at radius 2 is 0.867 bits per heavy atom. The summed E-state index contributed by atoms with van der Waals surface area (Å²) in [4.78, 5) is 46.8. The molecule has 6 aromatic carbocycles. The molecule has 0 spiro atoms. The molecule has 2 amide bonds. The first-order chi connectivity index (χ1) is 49.0. The van der Waals surface area contributed by atoms with Gasteiger partial charge in [0.05, 0.1) is 40.2 Å². The van der Waals surface area contributed by atoms with Crippen molar-refractivity contribution in [2.75, 3.05) is 39.4 Å². The summed E-state index contributed by atoms with van der Waals surface area (Å²) in [6, 6.07) is 67.7. The number of amides is 2. The molecule has 1 fully saturated rings. The molecule has 17 nitrogen and oxygen atoms in total. The molecule has 2 atom stereocenters. The number of ether oxygens (including phenoxy) is 2. The fraction of sp³-hybridized carbons (Fsp3) is 0.312. The number of aliphatic hydroxyl groups is 4. The molecule has 3 aliphatic rings. The predicted octanol–water partition coefficient (Wildman–Crippen LogP) is 14.4. The second-order valence-corrected chi connectivity index (χ2v) is 33.9. The quantitative estimate of drug-likeness (QED) is 0.0137. The van der Waals surface area contributed by atoms with E-state index < -0.39 is 39.3 Å². The first-order valence-corrected chi connectivity index (χ1v) is 40.5. The number of hydrogen-bond acceptors (Lipinski definition) is 15. The molecule has 8 aromatic rings. The van der Waals surface area contributed by atoms with Crippen molar-refractivity contribution in [3.05, 3.63) is 256 Å². The smallest absolute Gasteiger partial charge is 0 e. The number of aromatic nitrogens is 2. The minimum absolute atomic E-state index is 0. The maximum Gasteiger partial charge on any atom is 0 e. The molecule has 105 heavy (non-hydrogen) atoms. The zero-order valence-electron chi connectivity index (χ0n) is 61.1. The van der Waals surface area contributed by atoms with Gasteiger partial charge >= 0.3 is 54.3 Å². The van der Waals surface area contributed by atoms with Gasteiger partial charge in [0, 0.05) is 152 Å². The molecule has 3 aliphatic heterocycles. The van der Waals surface area contributed by atoms with Crippen LogP contribution in [0.3, 0.4) is 0 Å². The number of rotatable bonds is 13. The van der Waals surface area contributed by atoms with Crippen molar-refractivity contribution in [1.82, 2.24) is 19.8 Å². The maximum absolute atomic E-state index is 12.1. The number of benzene rings is 6. The average molecular weight is 1710 g/mol. The van der Waals surface area contributed by atoms with Gasteiger partial charge in [0.1, 0.15) is 28.6 Å². The standard InChI is InChI=1S/2C18H15P.C17H23ClN2O4.C16H28BNO4.C7H7Cl2NO2.CHO3.2ClH.2K.Pd/c2*1-4-10-16(11-5-1)19(17-12-6-2-7-13-17)18-14-8-3-9-15-18;1-17(2,3)24-16(23)20-6-4-11(5-7-20)15-13(18)8-12(9-19-15)14(22)10-21;1-14(2,3)20-13(19)18-10-8-12(9-11-18)17-21-15(4,5)16(6,7)22-17;8-5-1-4(6(12)3-11)2-10-7(5)9;2-1-4-3;;;;;/h2*1-15H;4,8-9,14,21-22H,5-7,10H2,1-3H3;8H,9-11H2,1-7H3;1-2,6,11-12H,3H2;3H;2*1H;;;/q;;;;;-1;;;;;+2/p-2/t;;14-;;6-;;;;;;/m..1.1....../s1. The van der Waals surface area contributed by atoms with E-state index in [1.807, 2.05) is 81.4 Å². The van der Waals surface area contributed by atoms with Gasteiger partial charge in [-0.2, -0.15) is 0 Å². The Balaban J connectivity index is 0.000000335. The molecule has 2 radical (unpaired) electrons. The number of halogens is 5. The molecule has 5 heterocycles. The number of pyridine rings is 2. The Morgan fingerprint density at radius 1 is 0.562 bits per heavy atom. The van der Waals surface area contributed by atoms with Crippen LogP contribution in [-0.2, 0) is 44.4 Å². The zero-order chi connectivity index (χ0) is 75.8. The molecule has 1 saturated heterocycles. The van der Waals surface area contributed by atoms with Crippen LogP contribution in [0.15, 0.2) is 224 Å². The van der Waals surface area contributed by atoms with Crippen molar-refractivity contribution in [3.63, 3.8) is 0 Å². The second-order valence-electron chi connectivity index (χ2n) is 25.9. The Bertz CT molecular complexity index is 3590. The largest absolute Gasteiger partial charge is 0.0622 e. The van der Waals surface area contributed by atoms with Gasteiger partial charge in [-0.15, -0.1) is 0 Å². The molecule has 11 rings (SSSR count). The van der Waals surface area contributed by atoms with Crippen LogP contribution in [0.4, 0.5) is 9.59 Å². The van der Waals surface area contributed by atoms with E-state index in [1.165, 1.54) is 50.3 Å². The number of nitrogens with zero attached hydrogens (tertiary/aromatic N) is 4. The van der Waals surface area contributed by atoms with Crippen molar-refractivity contribution in [1.29, 1.82) is 0 Å². The summed E-state index contributed by atoms with van der Waals surface area (Å²) in [5.41, 5.74) is 1.96. The van der Waals surface area contributed by atoms with Gasteiger partial charge < -0.3 is 58.7 Å². The molecule has 2 aromatic heterocycles. The first-order valence-electron chi connectivity index (χ1n) is 32.6. The van der Waals surface area contributed by atoms with Gasteiger partial charge in [-0.3, -0.25) is 4.98 Å². The Morgan fingerprint density at radius 3 is 1.12 bits per heavy atom. The van der Waals surface area contributed by atoms with Gasteiger partial charge in [0.2, 0.25) is 0 Å². The van der Waals surface area contributed by atoms with Gasteiger partial charge in [-0.25, -0.2) is 19.8 Å². The number of hydrogen-bond donors (Lipinski definition) is 5. The van der Waals surface area contributed by atoms with E-state index in [0.29, 0.717) is 54.4 Å². The second kappa shape index (κ2) is 49.5. The molecular weight excluding hydrogens is 1620 g/mol. The van der Waals surface area contributed by atoms with Crippen LogP contribution in [-0.4, -0.2) is 236 Å². The van der Waals surface area contributed by atoms with Gasteiger partial charge in [0.25, 0.3) is 0 Å². The van der Waals surface area contributed by atoms with Crippen molar-refractivity contribution in [2.24, 2.45) is 0 Å². The molecule has 0 unspecified atom stereocenters. The van der Waals surface area contributed by atoms with Crippen LogP contribution in [0.1, 0.15) is 111 Å². The third kappa shape index (κ3) is 33.2. The monoisotopic (exact) mass is 1710 g/mol. The van der Waals surface area contributed by atoms with E-state index in [-0.39, 0.29) is 173 Å². The molecule has 556 valence electrons. The molecular formula is C77H89BCl5K2N4O13P2Pd-. The third-order valence-corrected chi connectivity index (χ3v) is 21.4. The minimum Gasteiger partial charge on any atom is -0.0622 e. The van der Waals surface area contributed by atoms with Crippen LogP contribution >= 0.6 is 69.7 Å². The van der Waals surface area contributed by atoms with E-state index in [1.54, 1.807) is 15.9 Å². The van der Waals surface area contributed by atoms with Crippen LogP contribution in [0.25, 0.3) is 5.57 Å². The average Bonchev–Trinajstić information content (AvgIpc) is 1.64. The maximum atomic E-state index is 12.1. The summed E-state index contributed by atoms with van der Waals surface area (Å²) >= 11 is 17.3. The molecule has 0 saturated carbocycles. The van der Waals surface area contributed by atoms with E-state index in [9.17, 15) is 14.7 Å². The zero-order valence-corrected chi connectivity index (χ0v) is 74.4. The topological polar surface area (TPSA) is 231 Å². The van der Waals surface area contributed by atoms with Crippen molar-refractivity contribution < 1.29 is 79.7 Å². The van der Waals surface area contributed by atoms with Crippen molar-refractivity contribution in [3.8, 4) is 0 Å². The Hall–Kier alpha value is -2.86. The third-order valence-electron chi connectivity index (χ3n) is 15.5. The van der Waals surface area contributed by atoms with Gasteiger partial charge in [-0.05, 0) is 159 Å². The minimum atomic E-state index is -0.993. The van der Waals surface area contributed by atoms with E-state index in [2.05, 4.69) is 197 Å². The van der Waals surface area contributed by atoms with Crippen molar-refractivity contribution >= 4 is 236 Å². The summed E-state index contributed by atoms with van der Waals surface area (Å²) in [5.74, 6) is 0. The Labute approximate surface area is 737 Å². The molecule has 28 heteroatoms. The molecule has 0 aliphatic carbocycles. The van der Waals surface area contributed by atoms with Crippen molar-refractivity contribution in [2.45, 2.75) is 117 Å². The van der Waals surface area contributed by atoms with E-state index >= 15 is 0 Å². The number of carbonyl (C=O) groups excluding carboxylic acids is 3. The molecule has 5 N–H and O–H groups in total. The summed E-state index contributed by atoms with van der Waals surface area (Å²) < 4.78 is 22.9. The normalized spacial score (nSPS) is 14.6. The van der Waals surface area contributed by atoms with Crippen LogP contribution in [0.2, 0.25) is 15.2 Å². The molecule has 0 bridgehead atoms. The van der Waals surface area contributed by atoms with E-state index in [4.69, 9.17) is 98.0 Å². The van der Waals surface area contributed by atoms with Gasteiger partial charge in [-0.1, -0.05) is 229 Å². The van der Waals surface area contributed by atoms with Crippen LogP contribution < -0.4 is 31.8 Å². The van der Waals surface area contributed by atoms with E-state index in [0.717, 1.165) is 23.9 Å². The summed E-state index contributed by atoms with van der Waals surface area (Å²) in [6.07, 6.45) is 5.62. The van der Waals surface area contributed by atoms with Crippen LogP contribution in [0.5, 0.6) is 0 Å². The van der Waals surface area contributed by atoms with Crippen LogP contribution in [0, 0.1) is 0 Å². The number of aliphatic hydroxyl groups excluding tert-OH is 4. The summed E-state index contributed by atoms with van der Waals surface area (Å²) in [7, 11) is 8.42. The summed E-state index contributed by atoms with van der Waals surface area (Å²) in [5, 5.41) is 52.6. The SMILES string of the molecule is CC(C)(C)OC(=O)N1CC=C(B2OC(C)(C)C(C)(C)O2)CC1.CC(C)(C)OC(=O)N1CC=C(c2ncc([C@H](O)CO)cc2Cl)CC1.O=[C-]OO.OC[C@@H](O)c1cnc(Cl)c(Cl)c1.[Cl][Pd][Cl].[K].[K].c1ccc(P(c2ccccc2)c2ccccc2)cc1.c1ccc(P(c2ccccc2)c2ccccc2)cc1. The number of carbonyl (C=O) groups is 2. The fourth-order valence-electron chi connectivity index (χ4n) is 9.82. The van der Waals surface area contributed by atoms with Gasteiger partial charge in [0.15, 0.2) is 0 Å². The Kier molecular flexibility index (Phi) is 45.4. The predicted molar refractivity (Wildman–Crippen MR) is 428 cm³/mol. The fourth-order valence-corrected chi connectivity index (χ4v) is 15.0. The first kappa shape index (κ1) is 96.3. The summed E-state index contributed by atoms with van der Waals surface area (Å²) in [6.45, 7) is 21.4.